The van der Waals surface area contributed by atoms with Crippen LogP contribution in [-0.2, 0) is 0 Å². The first kappa shape index (κ1) is 7.91. The molecule has 1 saturated carbocycles. The summed E-state index contributed by atoms with van der Waals surface area (Å²) in [6.45, 7) is 3.64. The Morgan fingerprint density at radius 3 is 2.75 bits per heavy atom. The molecule has 0 aromatic carbocycles. The lowest BCUT2D eigenvalue weighted by Crippen LogP contribution is -2.46. The Morgan fingerprint density at radius 1 is 1.58 bits per heavy atom. The van der Waals surface area contributed by atoms with Gasteiger partial charge in [0.15, 0.2) is 0 Å². The Labute approximate surface area is 69.4 Å². The van der Waals surface area contributed by atoms with Crippen LogP contribution in [0.2, 0.25) is 0 Å². The van der Waals surface area contributed by atoms with Gasteiger partial charge in [-0.3, -0.25) is 0 Å². The third-order valence-electron chi connectivity index (χ3n) is 2.72. The number of nitrogens with zero attached hydrogens (tertiary/aromatic N) is 2. The Kier molecular flexibility index (Phi) is 1.57. The minimum absolute atomic E-state index is 0.0415. The highest BCUT2D eigenvalue weighted by molar-refractivity contribution is 5.22. The van der Waals surface area contributed by atoms with Gasteiger partial charge < -0.3 is 0 Å². The number of rotatable bonds is 2. The quantitative estimate of drug-likeness (QED) is 0.497. The fourth-order valence-corrected chi connectivity index (χ4v) is 2.11. The van der Waals surface area contributed by atoms with Crippen molar-refractivity contribution < 1.29 is 8.78 Å². The molecule has 2 unspecified atom stereocenters. The van der Waals surface area contributed by atoms with E-state index in [-0.39, 0.29) is 12.5 Å². The number of halogens is 2. The maximum absolute atomic E-state index is 13.0. The summed E-state index contributed by atoms with van der Waals surface area (Å²) >= 11 is 0. The molecule has 0 aromatic heterocycles. The van der Waals surface area contributed by atoms with Crippen molar-refractivity contribution >= 4 is 6.72 Å². The van der Waals surface area contributed by atoms with E-state index in [4.69, 9.17) is 0 Å². The molecule has 1 N–H and O–H groups in total. The summed E-state index contributed by atoms with van der Waals surface area (Å²) in [5, 5.41) is 5.21. The molecule has 1 aliphatic carbocycles. The van der Waals surface area contributed by atoms with Gasteiger partial charge in [0.25, 0.3) is 5.92 Å². The summed E-state index contributed by atoms with van der Waals surface area (Å²) in [5.41, 5.74) is 2.63. The Morgan fingerprint density at radius 2 is 2.33 bits per heavy atom. The molecule has 2 rings (SSSR count). The largest absolute Gasteiger partial charge is 0.253 e. The van der Waals surface area contributed by atoms with E-state index in [1.807, 2.05) is 0 Å². The van der Waals surface area contributed by atoms with E-state index in [2.05, 4.69) is 17.4 Å². The van der Waals surface area contributed by atoms with E-state index >= 15 is 0 Å². The number of hydrazine groups is 1. The van der Waals surface area contributed by atoms with Crippen LogP contribution in [0.3, 0.4) is 0 Å². The van der Waals surface area contributed by atoms with E-state index in [0.717, 1.165) is 0 Å². The smallest absolute Gasteiger partial charge is 0.241 e. The van der Waals surface area contributed by atoms with Crippen LogP contribution in [0, 0.1) is 5.92 Å². The number of hydrogen-bond acceptors (Lipinski definition) is 3. The van der Waals surface area contributed by atoms with Gasteiger partial charge in [0.2, 0.25) is 0 Å². The first-order valence-electron chi connectivity index (χ1n) is 3.99. The SMILES string of the molecule is C=NNN1CC2CC1CC2(F)F. The zero-order valence-electron chi connectivity index (χ0n) is 6.63. The van der Waals surface area contributed by atoms with Crippen molar-refractivity contribution in [3.63, 3.8) is 0 Å². The predicted molar refractivity (Wildman–Crippen MR) is 40.8 cm³/mol. The minimum Gasteiger partial charge on any atom is -0.241 e. The van der Waals surface area contributed by atoms with Gasteiger partial charge in [-0.1, -0.05) is 0 Å². The van der Waals surface area contributed by atoms with Gasteiger partial charge in [-0.2, -0.15) is 5.10 Å². The van der Waals surface area contributed by atoms with E-state index in [0.29, 0.717) is 13.0 Å². The molecule has 1 aliphatic heterocycles. The molecule has 1 heterocycles. The number of alkyl halides is 2. The average Bonchev–Trinajstić information content (AvgIpc) is 2.44. The Bertz CT molecular complexity index is 207. The molecule has 0 aromatic rings. The van der Waals surface area contributed by atoms with Crippen molar-refractivity contribution in [2.45, 2.75) is 24.8 Å². The van der Waals surface area contributed by atoms with Crippen molar-refractivity contribution in [2.75, 3.05) is 6.54 Å². The number of fused-ring (bicyclic) bond motifs is 2. The standard InChI is InChI=1S/C7H11F2N3/c1-10-11-12-4-5-2-6(12)3-7(5,8)9/h5-6,11H,1-4H2. The molecule has 2 bridgehead atoms. The Balaban J connectivity index is 2.03. The summed E-state index contributed by atoms with van der Waals surface area (Å²) in [5.74, 6) is -2.94. The summed E-state index contributed by atoms with van der Waals surface area (Å²) in [4.78, 5) is 0. The molecular formula is C7H11F2N3. The van der Waals surface area contributed by atoms with Gasteiger partial charge in [0, 0.05) is 31.6 Å². The van der Waals surface area contributed by atoms with Crippen molar-refractivity contribution in [1.29, 1.82) is 0 Å². The summed E-state index contributed by atoms with van der Waals surface area (Å²) in [6.07, 6.45) is 0.537. The molecule has 2 atom stereocenters. The first-order valence-corrected chi connectivity index (χ1v) is 3.99. The minimum atomic E-state index is -2.45. The van der Waals surface area contributed by atoms with Crippen LogP contribution in [0.1, 0.15) is 12.8 Å². The molecule has 2 fully saturated rings. The normalized spacial score (nSPS) is 38.5. The van der Waals surface area contributed by atoms with Gasteiger partial charge in [-0.15, -0.1) is 0 Å². The van der Waals surface area contributed by atoms with Gasteiger partial charge >= 0.3 is 0 Å². The number of nitrogens with one attached hydrogen (secondary N) is 1. The third kappa shape index (κ3) is 0.998. The van der Waals surface area contributed by atoms with Gasteiger partial charge in [-0.25, -0.2) is 19.3 Å². The van der Waals surface area contributed by atoms with Crippen molar-refractivity contribution in [3.8, 4) is 0 Å². The fourth-order valence-electron chi connectivity index (χ4n) is 2.11. The highest BCUT2D eigenvalue weighted by Gasteiger charge is 2.56. The van der Waals surface area contributed by atoms with Crippen LogP contribution < -0.4 is 5.53 Å². The fraction of sp³-hybridized carbons (Fsp3) is 0.857. The second-order valence-corrected chi connectivity index (χ2v) is 3.46. The highest BCUT2D eigenvalue weighted by atomic mass is 19.3. The lowest BCUT2D eigenvalue weighted by Gasteiger charge is -2.29. The van der Waals surface area contributed by atoms with Crippen molar-refractivity contribution in [1.82, 2.24) is 10.5 Å². The monoisotopic (exact) mass is 175 g/mol. The van der Waals surface area contributed by atoms with Crippen LogP contribution in [0.5, 0.6) is 0 Å². The molecule has 0 amide bonds. The molecular weight excluding hydrogens is 164 g/mol. The number of piperidine rings is 1. The van der Waals surface area contributed by atoms with Gasteiger partial charge in [-0.05, 0) is 6.42 Å². The molecule has 0 spiro atoms. The molecule has 68 valence electrons. The zero-order valence-corrected chi connectivity index (χ0v) is 6.63. The molecule has 2 aliphatic rings. The maximum atomic E-state index is 13.0. The second-order valence-electron chi connectivity index (χ2n) is 3.46. The maximum Gasteiger partial charge on any atom is 0.253 e. The average molecular weight is 175 g/mol. The van der Waals surface area contributed by atoms with E-state index in [1.165, 1.54) is 0 Å². The zero-order chi connectivity index (χ0) is 8.77. The van der Waals surface area contributed by atoms with Gasteiger partial charge in [0.05, 0.1) is 0 Å². The van der Waals surface area contributed by atoms with Crippen molar-refractivity contribution in [2.24, 2.45) is 11.0 Å². The van der Waals surface area contributed by atoms with Crippen LogP contribution in [-0.4, -0.2) is 30.2 Å². The number of hydrazone groups is 1. The van der Waals surface area contributed by atoms with E-state index in [9.17, 15) is 8.78 Å². The molecule has 12 heavy (non-hydrogen) atoms. The topological polar surface area (TPSA) is 27.6 Å². The lowest BCUT2D eigenvalue weighted by molar-refractivity contribution is -0.0756. The first-order chi connectivity index (χ1) is 5.63. The highest BCUT2D eigenvalue weighted by Crippen LogP contribution is 2.47. The molecule has 1 saturated heterocycles. The van der Waals surface area contributed by atoms with E-state index in [1.54, 1.807) is 5.01 Å². The van der Waals surface area contributed by atoms with Crippen LogP contribution in [0.4, 0.5) is 8.78 Å². The lowest BCUT2D eigenvalue weighted by atomic mass is 10.1. The number of hydrogen-bond donors (Lipinski definition) is 1. The Hall–Kier alpha value is -0.710. The van der Waals surface area contributed by atoms with Crippen LogP contribution in [0.15, 0.2) is 5.10 Å². The summed E-state index contributed by atoms with van der Waals surface area (Å²) in [6, 6.07) is -0.0597. The second kappa shape index (κ2) is 2.39. The predicted octanol–water partition coefficient (Wildman–Crippen LogP) is 0.836. The molecule has 0 radical (unpaired) electrons. The van der Waals surface area contributed by atoms with Crippen LogP contribution >= 0.6 is 0 Å². The van der Waals surface area contributed by atoms with Gasteiger partial charge in [0.1, 0.15) is 0 Å². The summed E-state index contributed by atoms with van der Waals surface area (Å²) < 4.78 is 25.9. The van der Waals surface area contributed by atoms with Crippen LogP contribution in [0.25, 0.3) is 0 Å². The molecule has 5 heteroatoms. The summed E-state index contributed by atoms with van der Waals surface area (Å²) in [7, 11) is 0. The molecule has 3 nitrogen and oxygen atoms in total. The van der Waals surface area contributed by atoms with E-state index < -0.39 is 11.8 Å². The van der Waals surface area contributed by atoms with Crippen molar-refractivity contribution in [3.05, 3.63) is 0 Å². The third-order valence-corrected chi connectivity index (χ3v) is 2.72.